The van der Waals surface area contributed by atoms with E-state index in [1.54, 1.807) is 0 Å². The molecule has 1 heterocycles. The van der Waals surface area contributed by atoms with Crippen LogP contribution in [0, 0.1) is 0 Å². The third-order valence-corrected chi connectivity index (χ3v) is 3.76. The van der Waals surface area contributed by atoms with Crippen molar-refractivity contribution in [2.75, 3.05) is 25.4 Å². The first-order chi connectivity index (χ1) is 10.2. The number of aliphatic hydroxyl groups excluding tert-OH is 1. The summed E-state index contributed by atoms with van der Waals surface area (Å²) in [5.74, 6) is -0.565. The molecule has 2 N–H and O–H groups in total. The van der Waals surface area contributed by atoms with Gasteiger partial charge in [-0.2, -0.15) is 0 Å². The van der Waals surface area contributed by atoms with Crippen molar-refractivity contribution in [1.29, 1.82) is 0 Å². The van der Waals surface area contributed by atoms with Crippen molar-refractivity contribution in [2.45, 2.75) is 6.54 Å². The van der Waals surface area contributed by atoms with Crippen LogP contribution in [0.2, 0.25) is 0 Å². The first kappa shape index (κ1) is 15.5. The van der Waals surface area contributed by atoms with E-state index >= 15 is 0 Å². The fourth-order valence-electron chi connectivity index (χ4n) is 1.88. The molecule has 1 aromatic carbocycles. The highest BCUT2D eigenvalue weighted by Crippen LogP contribution is 2.09. The number of aliphatic imine (C=N–C) groups is 1. The summed E-state index contributed by atoms with van der Waals surface area (Å²) in [6.07, 6.45) is 0. The number of nitrogens with one attached hydrogen (secondary N) is 1. The number of rotatable bonds is 4. The zero-order valence-electron chi connectivity index (χ0n) is 11.5. The summed E-state index contributed by atoms with van der Waals surface area (Å²) in [5, 5.41) is 12.1. The molecule has 112 valence electrons. The van der Waals surface area contributed by atoms with E-state index in [9.17, 15) is 9.59 Å². The average Bonchev–Trinajstić information content (AvgIpc) is 3.00. The molecule has 0 saturated heterocycles. The second kappa shape index (κ2) is 7.80. The number of hydrogen-bond donors (Lipinski definition) is 2. The van der Waals surface area contributed by atoms with Crippen LogP contribution in [0.15, 0.2) is 35.3 Å². The zero-order chi connectivity index (χ0) is 15.1. The van der Waals surface area contributed by atoms with E-state index in [0.29, 0.717) is 11.7 Å². The van der Waals surface area contributed by atoms with Crippen molar-refractivity contribution >= 4 is 28.7 Å². The predicted molar refractivity (Wildman–Crippen MR) is 81.8 cm³/mol. The Balaban J connectivity index is 1.99. The molecule has 21 heavy (non-hydrogen) atoms. The monoisotopic (exact) mass is 307 g/mol. The largest absolute Gasteiger partial charge is 0.395 e. The molecule has 0 fully saturated rings. The van der Waals surface area contributed by atoms with E-state index in [2.05, 4.69) is 10.3 Å². The van der Waals surface area contributed by atoms with Gasteiger partial charge in [0.1, 0.15) is 0 Å². The van der Waals surface area contributed by atoms with Crippen LogP contribution in [-0.4, -0.2) is 52.4 Å². The van der Waals surface area contributed by atoms with E-state index in [-0.39, 0.29) is 19.7 Å². The summed E-state index contributed by atoms with van der Waals surface area (Å²) >= 11 is 1.42. The van der Waals surface area contributed by atoms with Crippen LogP contribution >= 0.6 is 11.8 Å². The molecule has 0 spiro atoms. The number of nitrogens with zero attached hydrogens (tertiary/aromatic N) is 2. The Morgan fingerprint density at radius 3 is 2.71 bits per heavy atom. The second-order valence-electron chi connectivity index (χ2n) is 4.43. The summed E-state index contributed by atoms with van der Waals surface area (Å²) in [6, 6.07) is 9.34. The number of aliphatic hydroxyl groups is 1. The summed E-state index contributed by atoms with van der Waals surface area (Å²) in [7, 11) is 0. The van der Waals surface area contributed by atoms with E-state index in [1.807, 2.05) is 30.3 Å². The Kier molecular flexibility index (Phi) is 5.77. The van der Waals surface area contributed by atoms with Gasteiger partial charge in [0.2, 0.25) is 0 Å². The molecule has 2 rings (SSSR count). The molecule has 6 nitrogen and oxygen atoms in total. The second-order valence-corrected chi connectivity index (χ2v) is 5.51. The molecule has 0 aromatic heterocycles. The summed E-state index contributed by atoms with van der Waals surface area (Å²) in [4.78, 5) is 29.5. The van der Waals surface area contributed by atoms with Gasteiger partial charge in [-0.3, -0.25) is 19.9 Å². The standard InChI is InChI=1S/C14H17N3O3S/c18-8-7-17(10-11-4-2-1-3-5-11)13(20)12(19)16-14-15-6-9-21-14/h1-5,18H,6-10H2,(H,15,16,19). The quantitative estimate of drug-likeness (QED) is 0.780. The van der Waals surface area contributed by atoms with Gasteiger partial charge < -0.3 is 10.0 Å². The van der Waals surface area contributed by atoms with Gasteiger partial charge in [-0.05, 0) is 5.56 Å². The number of carbonyl (C=O) groups excluding carboxylic acids is 2. The minimum absolute atomic E-state index is 0.112. The van der Waals surface area contributed by atoms with Gasteiger partial charge in [-0.15, -0.1) is 0 Å². The molecule has 0 bridgehead atoms. The SMILES string of the molecule is O=C(NC1=NCCS1)C(=O)N(CCO)Cc1ccccc1. The van der Waals surface area contributed by atoms with Crippen LogP contribution in [0.4, 0.5) is 0 Å². The van der Waals surface area contributed by atoms with Crippen LogP contribution in [-0.2, 0) is 16.1 Å². The Hall–Kier alpha value is -1.86. The lowest BCUT2D eigenvalue weighted by atomic mass is 10.2. The van der Waals surface area contributed by atoms with Crippen LogP contribution in [0.5, 0.6) is 0 Å². The van der Waals surface area contributed by atoms with Gasteiger partial charge in [0.25, 0.3) is 0 Å². The third-order valence-electron chi connectivity index (χ3n) is 2.87. The molecule has 0 saturated carbocycles. The molecular formula is C14H17N3O3S. The van der Waals surface area contributed by atoms with Crippen LogP contribution in [0.25, 0.3) is 0 Å². The lowest BCUT2D eigenvalue weighted by Gasteiger charge is -2.21. The number of benzene rings is 1. The topological polar surface area (TPSA) is 82.0 Å². The molecule has 1 aliphatic rings. The Bertz CT molecular complexity index is 534. The predicted octanol–water partition coefficient (Wildman–Crippen LogP) is 0.227. The molecule has 1 aromatic rings. The molecule has 0 radical (unpaired) electrons. The number of thioether (sulfide) groups is 1. The van der Waals surface area contributed by atoms with E-state index in [4.69, 9.17) is 5.11 Å². The van der Waals surface area contributed by atoms with E-state index in [0.717, 1.165) is 11.3 Å². The summed E-state index contributed by atoms with van der Waals surface area (Å²) in [5.41, 5.74) is 0.902. The fourth-order valence-corrected chi connectivity index (χ4v) is 2.61. The average molecular weight is 307 g/mol. The van der Waals surface area contributed by atoms with Crippen molar-refractivity contribution in [3.8, 4) is 0 Å². The Morgan fingerprint density at radius 1 is 1.33 bits per heavy atom. The Morgan fingerprint density at radius 2 is 2.10 bits per heavy atom. The first-order valence-corrected chi connectivity index (χ1v) is 7.61. The fraction of sp³-hybridized carbons (Fsp3) is 0.357. The van der Waals surface area contributed by atoms with Crippen LogP contribution in [0.1, 0.15) is 5.56 Å². The van der Waals surface area contributed by atoms with Gasteiger partial charge in [0, 0.05) is 18.8 Å². The lowest BCUT2D eigenvalue weighted by Crippen LogP contribution is -2.44. The van der Waals surface area contributed by atoms with Gasteiger partial charge in [-0.25, -0.2) is 0 Å². The van der Waals surface area contributed by atoms with Gasteiger partial charge >= 0.3 is 11.8 Å². The normalized spacial score (nSPS) is 13.7. The number of hydrogen-bond acceptors (Lipinski definition) is 5. The molecule has 2 amide bonds. The zero-order valence-corrected chi connectivity index (χ0v) is 12.3. The minimum Gasteiger partial charge on any atom is -0.395 e. The maximum absolute atomic E-state index is 12.2. The van der Waals surface area contributed by atoms with Crippen LogP contribution in [0.3, 0.4) is 0 Å². The van der Waals surface area contributed by atoms with E-state index < -0.39 is 11.8 Å². The molecule has 7 heteroatoms. The smallest absolute Gasteiger partial charge is 0.315 e. The molecule has 0 aliphatic carbocycles. The molecular weight excluding hydrogens is 290 g/mol. The lowest BCUT2D eigenvalue weighted by molar-refractivity contribution is -0.145. The third kappa shape index (κ3) is 4.57. The number of amidine groups is 1. The van der Waals surface area contributed by atoms with Crippen molar-refractivity contribution in [2.24, 2.45) is 4.99 Å². The maximum Gasteiger partial charge on any atom is 0.315 e. The first-order valence-electron chi connectivity index (χ1n) is 6.63. The summed E-state index contributed by atoms with van der Waals surface area (Å²) in [6.45, 7) is 0.856. The molecule has 1 aliphatic heterocycles. The molecule has 0 unspecified atom stereocenters. The highest BCUT2D eigenvalue weighted by molar-refractivity contribution is 8.14. The van der Waals surface area contributed by atoms with Gasteiger partial charge in [0.05, 0.1) is 13.2 Å². The minimum atomic E-state index is -0.715. The van der Waals surface area contributed by atoms with Crippen molar-refractivity contribution in [3.63, 3.8) is 0 Å². The highest BCUT2D eigenvalue weighted by Gasteiger charge is 2.23. The van der Waals surface area contributed by atoms with E-state index in [1.165, 1.54) is 16.7 Å². The van der Waals surface area contributed by atoms with Crippen molar-refractivity contribution < 1.29 is 14.7 Å². The van der Waals surface area contributed by atoms with Crippen molar-refractivity contribution in [1.82, 2.24) is 10.2 Å². The Labute approximate surface area is 127 Å². The number of amides is 2. The molecule has 0 atom stereocenters. The number of carbonyl (C=O) groups is 2. The van der Waals surface area contributed by atoms with Crippen molar-refractivity contribution in [3.05, 3.63) is 35.9 Å². The van der Waals surface area contributed by atoms with Gasteiger partial charge in [0.15, 0.2) is 5.17 Å². The van der Waals surface area contributed by atoms with Crippen LogP contribution < -0.4 is 5.32 Å². The maximum atomic E-state index is 12.2. The highest BCUT2D eigenvalue weighted by atomic mass is 32.2. The summed E-state index contributed by atoms with van der Waals surface area (Å²) < 4.78 is 0. The van der Waals surface area contributed by atoms with Gasteiger partial charge in [-0.1, -0.05) is 42.1 Å².